The minimum atomic E-state index is -1.59. The van der Waals surface area contributed by atoms with E-state index in [-0.39, 0.29) is 43.6 Å². The van der Waals surface area contributed by atoms with Crippen molar-refractivity contribution >= 4 is 11.9 Å². The highest BCUT2D eigenvalue weighted by Crippen LogP contribution is 2.38. The first-order chi connectivity index (χ1) is 9.35. The van der Waals surface area contributed by atoms with Crippen LogP contribution in [0.4, 0.5) is 0 Å². The fourth-order valence-electron chi connectivity index (χ4n) is 2.07. The molecule has 0 saturated heterocycles. The summed E-state index contributed by atoms with van der Waals surface area (Å²) in [6, 6.07) is 0. The number of carbonyl (C=O) groups excluding carboxylic acids is 2. The fourth-order valence-corrected chi connectivity index (χ4v) is 2.07. The lowest BCUT2D eigenvalue weighted by molar-refractivity contribution is -0.147. The van der Waals surface area contributed by atoms with E-state index < -0.39 is 23.3 Å². The number of carbonyl (C=O) groups is 2. The van der Waals surface area contributed by atoms with Gasteiger partial charge in [-0.2, -0.15) is 0 Å². The lowest BCUT2D eigenvalue weighted by Crippen LogP contribution is -2.39. The Kier molecular flexibility index (Phi) is 5.33. The molecule has 0 aromatic rings. The zero-order valence-electron chi connectivity index (χ0n) is 11.8. The molecule has 1 rings (SSSR count). The minimum absolute atomic E-state index is 0.0557. The maximum atomic E-state index is 11.6. The van der Waals surface area contributed by atoms with Gasteiger partial charge in [0.2, 0.25) is 0 Å². The smallest absolute Gasteiger partial charge is 0.337 e. The molecule has 1 unspecified atom stereocenters. The quantitative estimate of drug-likeness (QED) is 0.741. The Bertz CT molecular complexity index is 451. The average molecular weight is 284 g/mol. The van der Waals surface area contributed by atoms with Gasteiger partial charge in [0, 0.05) is 5.57 Å². The summed E-state index contributed by atoms with van der Waals surface area (Å²) in [7, 11) is 0. The van der Waals surface area contributed by atoms with Gasteiger partial charge in [0.05, 0.1) is 25.2 Å². The topological polar surface area (TPSA) is 93.1 Å². The molecule has 0 aromatic carbocycles. The lowest BCUT2D eigenvalue weighted by Gasteiger charge is -2.33. The molecule has 0 aliphatic heterocycles. The Morgan fingerprint density at radius 1 is 1.30 bits per heavy atom. The predicted molar refractivity (Wildman–Crippen MR) is 70.9 cm³/mol. The number of hydrogen-bond donors (Lipinski definition) is 2. The predicted octanol–water partition coefficient (Wildman–Crippen LogP) is 1.40. The van der Waals surface area contributed by atoms with Gasteiger partial charge in [-0.15, -0.1) is 0 Å². The van der Waals surface area contributed by atoms with E-state index in [9.17, 15) is 19.8 Å². The summed E-state index contributed by atoms with van der Waals surface area (Å²) in [6.07, 6.45) is -0.0950. The van der Waals surface area contributed by atoms with Gasteiger partial charge in [0.1, 0.15) is 11.4 Å². The second-order valence-electron chi connectivity index (χ2n) is 4.54. The van der Waals surface area contributed by atoms with Crippen LogP contribution in [-0.4, -0.2) is 41.0 Å². The van der Waals surface area contributed by atoms with Crippen LogP contribution in [0, 0.1) is 0 Å². The molecule has 20 heavy (non-hydrogen) atoms. The molecule has 0 saturated carbocycles. The maximum absolute atomic E-state index is 11.6. The normalized spacial score (nSPS) is 22.6. The number of rotatable bonds is 5. The van der Waals surface area contributed by atoms with E-state index in [1.807, 2.05) is 0 Å². The zero-order chi connectivity index (χ0) is 15.3. The van der Waals surface area contributed by atoms with Crippen molar-refractivity contribution in [2.75, 3.05) is 13.2 Å². The summed E-state index contributed by atoms with van der Waals surface area (Å²) in [5.41, 5.74) is -1.57. The maximum Gasteiger partial charge on any atom is 0.337 e. The monoisotopic (exact) mass is 284 g/mol. The standard InChI is InChI=1S/C14H20O6/c1-4-19-11(15)8-14(18)7-6-10(12(16)9(14)3)13(17)20-5-2/h16,18H,3-8H2,1-2H3. The highest BCUT2D eigenvalue weighted by molar-refractivity contribution is 5.90. The summed E-state index contributed by atoms with van der Waals surface area (Å²) in [5.74, 6) is -1.62. The molecule has 0 radical (unpaired) electrons. The van der Waals surface area contributed by atoms with Crippen LogP contribution in [0.15, 0.2) is 23.5 Å². The van der Waals surface area contributed by atoms with E-state index >= 15 is 0 Å². The van der Waals surface area contributed by atoms with Crippen LogP contribution in [0.25, 0.3) is 0 Å². The third-order valence-corrected chi connectivity index (χ3v) is 3.19. The number of hydrogen-bond acceptors (Lipinski definition) is 6. The van der Waals surface area contributed by atoms with Crippen molar-refractivity contribution < 1.29 is 29.3 Å². The molecule has 0 fully saturated rings. The fraction of sp³-hybridized carbons (Fsp3) is 0.571. The molecular formula is C14H20O6. The highest BCUT2D eigenvalue weighted by atomic mass is 16.5. The largest absolute Gasteiger partial charge is 0.507 e. The van der Waals surface area contributed by atoms with Gasteiger partial charge in [0.25, 0.3) is 0 Å². The first kappa shape index (κ1) is 16.2. The molecular weight excluding hydrogens is 264 g/mol. The minimum Gasteiger partial charge on any atom is -0.507 e. The summed E-state index contributed by atoms with van der Waals surface area (Å²) >= 11 is 0. The second kappa shape index (κ2) is 6.56. The molecule has 0 amide bonds. The lowest BCUT2D eigenvalue weighted by atomic mass is 9.78. The van der Waals surface area contributed by atoms with E-state index in [2.05, 4.69) is 6.58 Å². The van der Waals surface area contributed by atoms with E-state index in [4.69, 9.17) is 9.47 Å². The third-order valence-electron chi connectivity index (χ3n) is 3.19. The third kappa shape index (κ3) is 3.39. The van der Waals surface area contributed by atoms with Gasteiger partial charge >= 0.3 is 11.9 Å². The molecule has 112 valence electrons. The van der Waals surface area contributed by atoms with Crippen LogP contribution in [0.2, 0.25) is 0 Å². The zero-order valence-corrected chi connectivity index (χ0v) is 11.8. The van der Waals surface area contributed by atoms with Crippen molar-refractivity contribution in [2.24, 2.45) is 0 Å². The van der Waals surface area contributed by atoms with E-state index in [0.717, 1.165) is 0 Å². The van der Waals surface area contributed by atoms with Crippen molar-refractivity contribution in [3.05, 3.63) is 23.5 Å². The number of aliphatic hydroxyl groups is 2. The Labute approximate surface area is 117 Å². The average Bonchev–Trinajstić information content (AvgIpc) is 2.36. The van der Waals surface area contributed by atoms with Crippen molar-refractivity contribution in [2.45, 2.75) is 38.7 Å². The van der Waals surface area contributed by atoms with Crippen LogP contribution in [-0.2, 0) is 19.1 Å². The summed E-state index contributed by atoms with van der Waals surface area (Å²) < 4.78 is 9.59. The molecule has 1 aliphatic rings. The SMILES string of the molecule is C=C1C(O)=C(C(=O)OCC)CCC1(O)CC(=O)OCC. The number of ether oxygens (including phenoxy) is 2. The molecule has 1 atom stereocenters. The van der Waals surface area contributed by atoms with Gasteiger partial charge < -0.3 is 19.7 Å². The summed E-state index contributed by atoms with van der Waals surface area (Å²) in [6.45, 7) is 7.29. The first-order valence-corrected chi connectivity index (χ1v) is 6.52. The molecule has 0 heterocycles. The number of esters is 2. The summed E-state index contributed by atoms with van der Waals surface area (Å²) in [4.78, 5) is 23.1. The van der Waals surface area contributed by atoms with Crippen molar-refractivity contribution in [1.82, 2.24) is 0 Å². The van der Waals surface area contributed by atoms with Crippen LogP contribution in [0.5, 0.6) is 0 Å². The van der Waals surface area contributed by atoms with Gasteiger partial charge in [-0.25, -0.2) is 4.79 Å². The van der Waals surface area contributed by atoms with Gasteiger partial charge in [-0.05, 0) is 26.7 Å². The van der Waals surface area contributed by atoms with Gasteiger partial charge in [0.15, 0.2) is 0 Å². The van der Waals surface area contributed by atoms with Gasteiger partial charge in [-0.1, -0.05) is 6.58 Å². The highest BCUT2D eigenvalue weighted by Gasteiger charge is 2.41. The van der Waals surface area contributed by atoms with E-state index in [1.54, 1.807) is 13.8 Å². The molecule has 0 aromatic heterocycles. The number of aliphatic hydroxyl groups excluding tert-OH is 1. The van der Waals surface area contributed by atoms with Crippen LogP contribution >= 0.6 is 0 Å². The van der Waals surface area contributed by atoms with E-state index in [0.29, 0.717) is 0 Å². The van der Waals surface area contributed by atoms with Crippen LogP contribution in [0.1, 0.15) is 33.1 Å². The molecule has 6 heteroatoms. The van der Waals surface area contributed by atoms with E-state index in [1.165, 1.54) is 0 Å². The Morgan fingerprint density at radius 3 is 2.45 bits per heavy atom. The molecule has 1 aliphatic carbocycles. The molecule has 2 N–H and O–H groups in total. The van der Waals surface area contributed by atoms with Crippen molar-refractivity contribution in [1.29, 1.82) is 0 Å². The first-order valence-electron chi connectivity index (χ1n) is 6.52. The Balaban J connectivity index is 2.91. The molecule has 0 spiro atoms. The van der Waals surface area contributed by atoms with Crippen LogP contribution < -0.4 is 0 Å². The van der Waals surface area contributed by atoms with Gasteiger partial charge in [-0.3, -0.25) is 4.79 Å². The Morgan fingerprint density at radius 2 is 1.90 bits per heavy atom. The molecule has 0 bridgehead atoms. The van der Waals surface area contributed by atoms with Crippen LogP contribution in [0.3, 0.4) is 0 Å². The van der Waals surface area contributed by atoms with Crippen molar-refractivity contribution in [3.63, 3.8) is 0 Å². The Hall–Kier alpha value is -1.82. The summed E-state index contributed by atoms with van der Waals surface area (Å²) in [5, 5.41) is 20.4. The molecule has 6 nitrogen and oxygen atoms in total. The second-order valence-corrected chi connectivity index (χ2v) is 4.54. The van der Waals surface area contributed by atoms with Crippen molar-refractivity contribution in [3.8, 4) is 0 Å².